The minimum Gasteiger partial charge on any atom is -0.368 e. The summed E-state index contributed by atoms with van der Waals surface area (Å²) in [6.07, 6.45) is 0.324. The first-order valence-corrected chi connectivity index (χ1v) is 8.31. The fourth-order valence-corrected chi connectivity index (χ4v) is 2.78. The van der Waals surface area contributed by atoms with Gasteiger partial charge in [-0.05, 0) is 48.7 Å². The number of nitrogens with one attached hydrogen (secondary N) is 2. The number of anilines is 1. The molecule has 2 aromatic carbocycles. The largest absolute Gasteiger partial charge is 0.368 e. The Hall–Kier alpha value is -3.15. The quantitative estimate of drug-likeness (QED) is 0.741. The Balaban J connectivity index is 2.18. The molecule has 0 aliphatic rings. The van der Waals surface area contributed by atoms with Crippen LogP contribution >= 0.6 is 0 Å². The van der Waals surface area contributed by atoms with Crippen molar-refractivity contribution in [3.63, 3.8) is 0 Å². The third-order valence-electron chi connectivity index (χ3n) is 4.15. The van der Waals surface area contributed by atoms with Gasteiger partial charge in [0, 0.05) is 24.6 Å². The van der Waals surface area contributed by atoms with Gasteiger partial charge in [0.1, 0.15) is 6.04 Å². The van der Waals surface area contributed by atoms with Crippen LogP contribution in [0.4, 0.5) is 5.69 Å². The van der Waals surface area contributed by atoms with Crippen molar-refractivity contribution in [2.75, 3.05) is 5.32 Å². The first kappa shape index (κ1) is 19.2. The Morgan fingerprint density at radius 1 is 1.04 bits per heavy atom. The van der Waals surface area contributed by atoms with E-state index in [9.17, 15) is 14.4 Å². The first-order chi connectivity index (χ1) is 12.3. The van der Waals surface area contributed by atoms with E-state index in [1.165, 1.54) is 6.92 Å². The maximum Gasteiger partial charge on any atom is 0.252 e. The molecule has 0 unspecified atom stereocenters. The third kappa shape index (κ3) is 4.92. The zero-order chi connectivity index (χ0) is 19.3. The third-order valence-corrected chi connectivity index (χ3v) is 4.15. The minimum absolute atomic E-state index is 0.229. The fraction of sp³-hybridized carbons (Fsp3) is 0.250. The van der Waals surface area contributed by atoms with E-state index < -0.39 is 17.9 Å². The van der Waals surface area contributed by atoms with Gasteiger partial charge in [0.05, 0.1) is 0 Å². The van der Waals surface area contributed by atoms with E-state index in [0.29, 0.717) is 17.7 Å². The van der Waals surface area contributed by atoms with Crippen molar-refractivity contribution < 1.29 is 14.4 Å². The lowest BCUT2D eigenvalue weighted by Gasteiger charge is -2.18. The standard InChI is InChI=1S/C20H23N3O3/c1-12-6-4-7-13(2)17(12)11-18(19(21)25)23-20(26)15-8-5-9-16(10-15)22-14(3)24/h4-10,18H,11H2,1-3H3,(H2,21,25)(H,22,24)(H,23,26)/t18-/m0/s1. The van der Waals surface area contributed by atoms with Crippen LogP contribution in [-0.4, -0.2) is 23.8 Å². The average molecular weight is 353 g/mol. The molecule has 0 aliphatic carbocycles. The van der Waals surface area contributed by atoms with Crippen LogP contribution in [0.25, 0.3) is 0 Å². The Morgan fingerprint density at radius 3 is 2.23 bits per heavy atom. The van der Waals surface area contributed by atoms with Crippen molar-refractivity contribution in [1.82, 2.24) is 5.32 Å². The Kier molecular flexibility index (Phi) is 6.11. The molecule has 0 bridgehead atoms. The number of aryl methyl sites for hydroxylation is 2. The summed E-state index contributed by atoms with van der Waals surface area (Å²) in [5.74, 6) is -1.25. The number of carbonyl (C=O) groups excluding carboxylic acids is 3. The highest BCUT2D eigenvalue weighted by molar-refractivity contribution is 5.99. The van der Waals surface area contributed by atoms with Gasteiger partial charge in [0.15, 0.2) is 0 Å². The Morgan fingerprint density at radius 2 is 1.65 bits per heavy atom. The molecule has 0 fully saturated rings. The zero-order valence-electron chi connectivity index (χ0n) is 15.1. The van der Waals surface area contributed by atoms with Gasteiger partial charge in [-0.25, -0.2) is 0 Å². The van der Waals surface area contributed by atoms with E-state index in [2.05, 4.69) is 10.6 Å². The van der Waals surface area contributed by atoms with Gasteiger partial charge >= 0.3 is 0 Å². The van der Waals surface area contributed by atoms with Crippen molar-refractivity contribution in [1.29, 1.82) is 0 Å². The topological polar surface area (TPSA) is 101 Å². The molecule has 2 rings (SSSR count). The maximum atomic E-state index is 12.5. The van der Waals surface area contributed by atoms with Gasteiger partial charge in [-0.2, -0.15) is 0 Å². The van der Waals surface area contributed by atoms with Gasteiger partial charge in [0.25, 0.3) is 5.91 Å². The molecule has 0 saturated carbocycles. The summed E-state index contributed by atoms with van der Waals surface area (Å²) >= 11 is 0. The van der Waals surface area contributed by atoms with Crippen molar-refractivity contribution in [2.45, 2.75) is 33.2 Å². The second kappa shape index (κ2) is 8.29. The normalized spacial score (nSPS) is 11.5. The summed E-state index contributed by atoms with van der Waals surface area (Å²) in [4.78, 5) is 35.5. The molecular formula is C20H23N3O3. The van der Waals surface area contributed by atoms with E-state index in [4.69, 9.17) is 5.73 Å². The van der Waals surface area contributed by atoms with E-state index >= 15 is 0 Å². The lowest BCUT2D eigenvalue weighted by atomic mass is 9.96. The monoisotopic (exact) mass is 353 g/mol. The molecule has 3 amide bonds. The van der Waals surface area contributed by atoms with Gasteiger partial charge in [-0.15, -0.1) is 0 Å². The van der Waals surface area contributed by atoms with Crippen molar-refractivity contribution >= 4 is 23.4 Å². The number of hydrogen-bond acceptors (Lipinski definition) is 3. The second-order valence-electron chi connectivity index (χ2n) is 6.26. The highest BCUT2D eigenvalue weighted by atomic mass is 16.2. The number of nitrogens with two attached hydrogens (primary N) is 1. The molecule has 0 aliphatic heterocycles. The van der Waals surface area contributed by atoms with Crippen LogP contribution in [0.15, 0.2) is 42.5 Å². The first-order valence-electron chi connectivity index (χ1n) is 8.31. The van der Waals surface area contributed by atoms with Crippen LogP contribution in [0.3, 0.4) is 0 Å². The SMILES string of the molecule is CC(=O)Nc1cccc(C(=O)N[C@@H](Cc2c(C)cccc2C)C(N)=O)c1. The van der Waals surface area contributed by atoms with E-state index in [0.717, 1.165) is 16.7 Å². The molecule has 1 atom stereocenters. The van der Waals surface area contributed by atoms with E-state index in [1.54, 1.807) is 24.3 Å². The number of hydrogen-bond donors (Lipinski definition) is 3. The molecule has 2 aromatic rings. The van der Waals surface area contributed by atoms with Gasteiger partial charge in [-0.1, -0.05) is 24.3 Å². The van der Waals surface area contributed by atoms with Gasteiger partial charge in [-0.3, -0.25) is 14.4 Å². The maximum absolute atomic E-state index is 12.5. The van der Waals surface area contributed by atoms with Crippen molar-refractivity contribution in [3.8, 4) is 0 Å². The molecule has 0 spiro atoms. The molecule has 0 heterocycles. The van der Waals surface area contributed by atoms with Crippen LogP contribution in [0, 0.1) is 13.8 Å². The van der Waals surface area contributed by atoms with Crippen LogP contribution in [0.5, 0.6) is 0 Å². The number of benzene rings is 2. The summed E-state index contributed by atoms with van der Waals surface area (Å²) in [6.45, 7) is 5.30. The molecule has 0 radical (unpaired) electrons. The number of rotatable bonds is 6. The molecule has 4 N–H and O–H groups in total. The summed E-state index contributed by atoms with van der Waals surface area (Å²) in [6, 6.07) is 11.5. The molecular weight excluding hydrogens is 330 g/mol. The summed E-state index contributed by atoms with van der Waals surface area (Å²) in [7, 11) is 0. The van der Waals surface area contributed by atoms with Gasteiger partial charge in [0.2, 0.25) is 11.8 Å². The van der Waals surface area contributed by atoms with Crippen LogP contribution in [0.1, 0.15) is 34.0 Å². The van der Waals surface area contributed by atoms with E-state index in [-0.39, 0.29) is 5.91 Å². The number of primary amides is 1. The van der Waals surface area contributed by atoms with Crippen LogP contribution in [-0.2, 0) is 16.0 Å². The second-order valence-corrected chi connectivity index (χ2v) is 6.26. The van der Waals surface area contributed by atoms with E-state index in [1.807, 2.05) is 32.0 Å². The molecule has 0 saturated heterocycles. The predicted molar refractivity (Wildman–Crippen MR) is 101 cm³/mol. The highest BCUT2D eigenvalue weighted by Gasteiger charge is 2.21. The summed E-state index contributed by atoms with van der Waals surface area (Å²) < 4.78 is 0. The molecule has 136 valence electrons. The summed E-state index contributed by atoms with van der Waals surface area (Å²) in [5.41, 5.74) is 9.41. The Labute approximate surface area is 152 Å². The van der Waals surface area contributed by atoms with Crippen molar-refractivity contribution in [2.24, 2.45) is 5.73 Å². The molecule has 6 nitrogen and oxygen atoms in total. The molecule has 6 heteroatoms. The predicted octanol–water partition coefficient (Wildman–Crippen LogP) is 2.09. The average Bonchev–Trinajstić information content (AvgIpc) is 2.56. The van der Waals surface area contributed by atoms with Crippen LogP contribution in [0.2, 0.25) is 0 Å². The lowest BCUT2D eigenvalue weighted by Crippen LogP contribution is -2.46. The number of carbonyl (C=O) groups is 3. The van der Waals surface area contributed by atoms with Gasteiger partial charge < -0.3 is 16.4 Å². The fourth-order valence-electron chi connectivity index (χ4n) is 2.78. The molecule has 26 heavy (non-hydrogen) atoms. The Bertz CT molecular complexity index is 826. The minimum atomic E-state index is -0.827. The molecule has 0 aromatic heterocycles. The number of amides is 3. The van der Waals surface area contributed by atoms with Crippen molar-refractivity contribution in [3.05, 3.63) is 64.7 Å². The van der Waals surface area contributed by atoms with Crippen LogP contribution < -0.4 is 16.4 Å². The zero-order valence-corrected chi connectivity index (χ0v) is 15.1. The lowest BCUT2D eigenvalue weighted by molar-refractivity contribution is -0.119. The summed E-state index contributed by atoms with van der Waals surface area (Å²) in [5, 5.41) is 5.31. The smallest absolute Gasteiger partial charge is 0.252 e. The highest BCUT2D eigenvalue weighted by Crippen LogP contribution is 2.16.